The number of carbonyl (C=O) groups excluding carboxylic acids is 2. The Bertz CT molecular complexity index is 1150. The zero-order chi connectivity index (χ0) is 38.1. The van der Waals surface area contributed by atoms with Gasteiger partial charge < -0.3 is 44.1 Å². The SMILES string of the molecule is CC(NC(=O)CN1CCN(CC(=O)O)CCN(CC(=O)N2CCOCCOCCOCCOCCOCC2)CCN(CC(=O)O)CC1)c1ccccc1. The summed E-state index contributed by atoms with van der Waals surface area (Å²) in [7, 11) is 0. The molecule has 1 aromatic rings. The number of nitrogens with zero attached hydrogens (tertiary/aromatic N) is 5. The van der Waals surface area contributed by atoms with Crippen LogP contribution in [0.15, 0.2) is 30.3 Å². The Kier molecular flexibility index (Phi) is 22.1. The smallest absolute Gasteiger partial charge is 0.317 e. The standard InChI is InChI=1S/C36H60N6O11/c1-31(32-5-3-2-4-6-32)37-33(43)27-38-7-11-40(29-35(45)46)13-9-39(10-14-41(12-8-38)30-36(47)48)28-34(44)42-15-17-49-19-21-51-23-25-53-26-24-52-22-20-50-18-16-42/h2-6,31H,7-30H2,1H3,(H,37,43)(H,45,46)(H,47,48). The molecule has 0 spiro atoms. The number of amides is 2. The van der Waals surface area contributed by atoms with Crippen LogP contribution in [0.5, 0.6) is 0 Å². The van der Waals surface area contributed by atoms with E-state index in [1.165, 1.54) is 0 Å². The highest BCUT2D eigenvalue weighted by molar-refractivity contribution is 5.79. The lowest BCUT2D eigenvalue weighted by atomic mass is 10.1. The first-order valence-corrected chi connectivity index (χ1v) is 18.5. The Balaban J connectivity index is 1.65. The predicted octanol–water partition coefficient (Wildman–Crippen LogP) is -0.820. The van der Waals surface area contributed by atoms with Gasteiger partial charge in [-0.15, -0.1) is 0 Å². The van der Waals surface area contributed by atoms with Crippen molar-refractivity contribution in [3.05, 3.63) is 35.9 Å². The summed E-state index contributed by atoms with van der Waals surface area (Å²) in [5, 5.41) is 22.4. The number of rotatable bonds is 10. The first kappa shape index (κ1) is 44.1. The molecule has 3 N–H and O–H groups in total. The summed E-state index contributed by atoms with van der Waals surface area (Å²) < 4.78 is 28.0. The fourth-order valence-electron chi connectivity index (χ4n) is 5.89. The molecule has 0 saturated carbocycles. The number of carboxylic acids is 2. The van der Waals surface area contributed by atoms with E-state index in [1.54, 1.807) is 4.90 Å². The van der Waals surface area contributed by atoms with Crippen LogP contribution in [0.3, 0.4) is 0 Å². The maximum absolute atomic E-state index is 13.7. The number of hydrogen-bond donors (Lipinski definition) is 3. The fraction of sp³-hybridized carbons (Fsp3) is 0.722. The number of aliphatic carboxylic acids is 2. The van der Waals surface area contributed by atoms with Crippen LogP contribution in [0, 0.1) is 0 Å². The Morgan fingerprint density at radius 3 is 1.30 bits per heavy atom. The van der Waals surface area contributed by atoms with E-state index in [2.05, 4.69) is 5.32 Å². The molecule has 53 heavy (non-hydrogen) atoms. The summed E-state index contributed by atoms with van der Waals surface area (Å²) in [6.45, 7) is 9.41. The monoisotopic (exact) mass is 752 g/mol. The Labute approximate surface area is 313 Å². The number of carbonyl (C=O) groups is 4. The molecule has 2 aliphatic rings. The van der Waals surface area contributed by atoms with Gasteiger partial charge in [-0.25, -0.2) is 0 Å². The first-order chi connectivity index (χ1) is 25.7. The van der Waals surface area contributed by atoms with Gasteiger partial charge in [-0.1, -0.05) is 30.3 Å². The van der Waals surface area contributed by atoms with Crippen molar-refractivity contribution in [2.75, 3.05) is 158 Å². The normalized spacial score (nSPS) is 20.9. The molecule has 17 heteroatoms. The van der Waals surface area contributed by atoms with Crippen LogP contribution in [-0.2, 0) is 42.9 Å². The molecule has 2 saturated heterocycles. The van der Waals surface area contributed by atoms with Crippen molar-refractivity contribution in [3.63, 3.8) is 0 Å². The molecule has 2 fully saturated rings. The van der Waals surface area contributed by atoms with Gasteiger partial charge in [0.05, 0.1) is 98.3 Å². The van der Waals surface area contributed by atoms with Crippen molar-refractivity contribution >= 4 is 23.8 Å². The lowest BCUT2D eigenvalue weighted by molar-refractivity contribution is -0.139. The van der Waals surface area contributed by atoms with Gasteiger partial charge in [0.1, 0.15) is 0 Å². The number of carboxylic acid groups (broad SMARTS) is 2. The molecule has 3 rings (SSSR count). The summed E-state index contributed by atoms with van der Waals surface area (Å²) in [6, 6.07) is 9.44. The molecule has 2 amide bonds. The van der Waals surface area contributed by atoms with Crippen LogP contribution in [0.25, 0.3) is 0 Å². The van der Waals surface area contributed by atoms with Gasteiger partial charge in [0.25, 0.3) is 0 Å². The second-order valence-electron chi connectivity index (χ2n) is 13.0. The van der Waals surface area contributed by atoms with Crippen molar-refractivity contribution < 1.29 is 53.1 Å². The van der Waals surface area contributed by atoms with Crippen molar-refractivity contribution in [1.82, 2.24) is 29.8 Å². The Hall–Kier alpha value is -3.26. The van der Waals surface area contributed by atoms with Gasteiger partial charge in [-0.2, -0.15) is 0 Å². The number of benzene rings is 1. The minimum Gasteiger partial charge on any atom is -0.480 e. The minimum atomic E-state index is -0.971. The van der Waals surface area contributed by atoms with Gasteiger partial charge in [0.15, 0.2) is 0 Å². The average molecular weight is 753 g/mol. The first-order valence-electron chi connectivity index (χ1n) is 18.5. The van der Waals surface area contributed by atoms with E-state index in [0.717, 1.165) is 5.56 Å². The quantitative estimate of drug-likeness (QED) is 0.269. The Morgan fingerprint density at radius 2 is 0.906 bits per heavy atom. The number of hydrogen-bond acceptors (Lipinski definition) is 13. The van der Waals surface area contributed by atoms with Crippen molar-refractivity contribution in [3.8, 4) is 0 Å². The Morgan fingerprint density at radius 1 is 0.547 bits per heavy atom. The average Bonchev–Trinajstić information content (AvgIpc) is 3.12. The molecule has 1 unspecified atom stereocenters. The van der Waals surface area contributed by atoms with Gasteiger partial charge >= 0.3 is 11.9 Å². The molecule has 300 valence electrons. The highest BCUT2D eigenvalue weighted by Crippen LogP contribution is 2.11. The highest BCUT2D eigenvalue weighted by Gasteiger charge is 2.23. The summed E-state index contributed by atoms with van der Waals surface area (Å²) >= 11 is 0. The zero-order valence-electron chi connectivity index (χ0n) is 31.2. The third kappa shape index (κ3) is 20.1. The van der Waals surface area contributed by atoms with Crippen LogP contribution in [-0.4, -0.2) is 216 Å². The third-order valence-electron chi connectivity index (χ3n) is 8.90. The number of ether oxygens (including phenoxy) is 5. The molecule has 1 atom stereocenters. The maximum Gasteiger partial charge on any atom is 0.317 e. The van der Waals surface area contributed by atoms with E-state index in [4.69, 9.17) is 23.7 Å². The molecule has 17 nitrogen and oxygen atoms in total. The van der Waals surface area contributed by atoms with E-state index in [9.17, 15) is 29.4 Å². The van der Waals surface area contributed by atoms with Crippen molar-refractivity contribution in [2.45, 2.75) is 13.0 Å². The van der Waals surface area contributed by atoms with Crippen LogP contribution in [0.2, 0.25) is 0 Å². The molecule has 0 radical (unpaired) electrons. The second kappa shape index (κ2) is 26.5. The van der Waals surface area contributed by atoms with Crippen LogP contribution in [0.1, 0.15) is 18.5 Å². The highest BCUT2D eigenvalue weighted by atomic mass is 16.6. The molecule has 0 bridgehead atoms. The maximum atomic E-state index is 13.7. The minimum absolute atomic E-state index is 0.0555. The summed E-state index contributed by atoms with van der Waals surface area (Å²) in [5.41, 5.74) is 0.978. The van der Waals surface area contributed by atoms with Crippen LogP contribution in [0.4, 0.5) is 0 Å². The van der Waals surface area contributed by atoms with Gasteiger partial charge in [-0.3, -0.25) is 38.8 Å². The van der Waals surface area contributed by atoms with Crippen molar-refractivity contribution in [1.29, 1.82) is 0 Å². The summed E-state index contributed by atoms with van der Waals surface area (Å²) in [6.07, 6.45) is 0. The van der Waals surface area contributed by atoms with E-state index >= 15 is 0 Å². The summed E-state index contributed by atoms with van der Waals surface area (Å²) in [4.78, 5) is 59.7. The molecule has 1 aromatic carbocycles. The lowest BCUT2D eigenvalue weighted by Gasteiger charge is -2.34. The largest absolute Gasteiger partial charge is 0.480 e. The zero-order valence-corrected chi connectivity index (χ0v) is 31.2. The predicted molar refractivity (Wildman–Crippen MR) is 195 cm³/mol. The molecule has 2 aliphatic heterocycles. The fourth-order valence-corrected chi connectivity index (χ4v) is 5.89. The molecule has 2 heterocycles. The van der Waals surface area contributed by atoms with E-state index in [-0.39, 0.29) is 44.0 Å². The van der Waals surface area contributed by atoms with Crippen molar-refractivity contribution in [2.24, 2.45) is 0 Å². The molecular formula is C36H60N6O11. The second-order valence-corrected chi connectivity index (χ2v) is 13.0. The van der Waals surface area contributed by atoms with Gasteiger partial charge in [-0.05, 0) is 12.5 Å². The third-order valence-corrected chi connectivity index (χ3v) is 8.90. The lowest BCUT2D eigenvalue weighted by Crippen LogP contribution is -2.51. The molecule has 0 aliphatic carbocycles. The topological polar surface area (TPSA) is 183 Å². The summed E-state index contributed by atoms with van der Waals surface area (Å²) in [5.74, 6) is -2.26. The molecular weight excluding hydrogens is 692 g/mol. The van der Waals surface area contributed by atoms with Gasteiger partial charge in [0.2, 0.25) is 11.8 Å². The van der Waals surface area contributed by atoms with E-state index in [1.807, 2.05) is 56.9 Å². The van der Waals surface area contributed by atoms with Gasteiger partial charge in [0, 0.05) is 65.4 Å². The number of nitrogens with one attached hydrogen (secondary N) is 1. The molecule has 0 aromatic heterocycles. The van der Waals surface area contributed by atoms with Crippen LogP contribution >= 0.6 is 0 Å². The van der Waals surface area contributed by atoms with E-state index in [0.29, 0.717) is 132 Å². The van der Waals surface area contributed by atoms with E-state index < -0.39 is 11.9 Å². The van der Waals surface area contributed by atoms with Crippen LogP contribution < -0.4 is 5.32 Å².